The normalized spacial score (nSPS) is 22.6. The summed E-state index contributed by atoms with van der Waals surface area (Å²) >= 11 is 0. The van der Waals surface area contributed by atoms with Crippen molar-refractivity contribution in [3.63, 3.8) is 0 Å². The zero-order valence-electron chi connectivity index (χ0n) is 33.3. The number of aliphatic hydroxyl groups is 1. The van der Waals surface area contributed by atoms with Gasteiger partial charge in [0.15, 0.2) is 5.60 Å². The van der Waals surface area contributed by atoms with E-state index in [-0.39, 0.29) is 43.3 Å². The lowest BCUT2D eigenvalue weighted by molar-refractivity contribution is -0.150. The minimum atomic E-state index is -1.85. The number of aliphatic hydroxyl groups excluding tert-OH is 1. The van der Waals surface area contributed by atoms with Crippen molar-refractivity contribution in [2.45, 2.75) is 70.0 Å². The van der Waals surface area contributed by atoms with Gasteiger partial charge in [-0.1, -0.05) is 19.1 Å². The molecule has 0 unspecified atom stereocenters. The van der Waals surface area contributed by atoms with E-state index in [0.29, 0.717) is 58.2 Å². The van der Waals surface area contributed by atoms with Gasteiger partial charge in [-0.15, -0.1) is 0 Å². The quantitative estimate of drug-likeness (QED) is 0.143. The van der Waals surface area contributed by atoms with Gasteiger partial charge in [-0.05, 0) is 111 Å². The molecule has 13 heteroatoms. The van der Waals surface area contributed by atoms with E-state index in [2.05, 4.69) is 10.6 Å². The van der Waals surface area contributed by atoms with Crippen molar-refractivity contribution in [1.29, 1.82) is 0 Å². The van der Waals surface area contributed by atoms with Crippen molar-refractivity contribution in [2.75, 3.05) is 42.9 Å². The number of anilines is 3. The number of carbonyl (C=O) groups is 4. The maximum Gasteiger partial charge on any atom is 0.264 e. The molecule has 3 heterocycles. The first-order valence-electron chi connectivity index (χ1n) is 19.5. The topological polar surface area (TPSA) is 147 Å². The van der Waals surface area contributed by atoms with E-state index in [0.717, 1.165) is 12.0 Å². The predicted octanol–water partition coefficient (Wildman–Crippen LogP) is 6.72. The van der Waals surface area contributed by atoms with Crippen molar-refractivity contribution >= 4 is 40.7 Å². The third-order valence-corrected chi connectivity index (χ3v) is 11.8. The molecule has 5 atom stereocenters. The van der Waals surface area contributed by atoms with E-state index in [4.69, 9.17) is 14.2 Å². The van der Waals surface area contributed by atoms with Crippen molar-refractivity contribution in [2.24, 2.45) is 11.8 Å². The lowest BCUT2D eigenvalue weighted by atomic mass is 9.71. The number of nitrogens with one attached hydrogen (secondary N) is 2. The lowest BCUT2D eigenvalue weighted by Crippen LogP contribution is -2.45. The highest BCUT2D eigenvalue weighted by atomic mass is 19.1. The molecule has 4 amide bonds. The Bertz CT molecular complexity index is 2170. The van der Waals surface area contributed by atoms with Gasteiger partial charge in [0.25, 0.3) is 17.7 Å². The summed E-state index contributed by atoms with van der Waals surface area (Å²) < 4.78 is 33.7. The smallest absolute Gasteiger partial charge is 0.264 e. The Hall–Kier alpha value is -5.79. The van der Waals surface area contributed by atoms with Gasteiger partial charge >= 0.3 is 0 Å². The van der Waals surface area contributed by atoms with Crippen molar-refractivity contribution in [3.05, 3.63) is 113 Å². The van der Waals surface area contributed by atoms with Crippen LogP contribution in [0.3, 0.4) is 0 Å². The molecule has 2 fully saturated rings. The van der Waals surface area contributed by atoms with E-state index in [1.54, 1.807) is 110 Å². The fourth-order valence-electron chi connectivity index (χ4n) is 8.89. The third kappa shape index (κ3) is 7.63. The molecular formula is C45H49FN4O8. The van der Waals surface area contributed by atoms with Crippen LogP contribution in [0.2, 0.25) is 0 Å². The summed E-state index contributed by atoms with van der Waals surface area (Å²) in [5.74, 6) is -1.72. The van der Waals surface area contributed by atoms with Gasteiger partial charge in [0.2, 0.25) is 5.91 Å². The standard InChI is InChI=1S/C45H49FN4O8/c1-27-40(44(2,3)46)38(24-39(52)49-22-6-7-33(49)26-51)58-45(27)36-23-32(48-42(54)30-12-19-35(57-5)20-13-30)16-21-37(36)50(43(45)55)25-28-8-14-31(15-9-28)47-41(53)29-10-17-34(56-4)18-11-29/h8-21,23,27,33,38,40,51H,6-7,22,24-26H2,1-5H3,(H,47,53)(H,48,54)/t27-,33+,38+,40-,45+/m1/s1. The van der Waals surface area contributed by atoms with Crippen LogP contribution < -0.4 is 25.0 Å². The highest BCUT2D eigenvalue weighted by Gasteiger charge is 2.66. The van der Waals surface area contributed by atoms with Crippen molar-refractivity contribution in [1.82, 2.24) is 4.90 Å². The molecule has 3 N–H and O–H groups in total. The number of likely N-dealkylation sites (tertiary alicyclic amines) is 1. The van der Waals surface area contributed by atoms with Crippen LogP contribution in [0.5, 0.6) is 11.5 Å². The van der Waals surface area contributed by atoms with Gasteiger partial charge in [0, 0.05) is 46.4 Å². The number of ether oxygens (including phenoxy) is 3. The fraction of sp³-hybridized carbons (Fsp3) is 0.378. The van der Waals surface area contributed by atoms with Gasteiger partial charge in [-0.2, -0.15) is 0 Å². The maximum atomic E-state index is 16.4. The Morgan fingerprint density at radius 3 is 2.00 bits per heavy atom. The second-order valence-corrected chi connectivity index (χ2v) is 15.7. The van der Waals surface area contributed by atoms with E-state index < -0.39 is 35.1 Å². The third-order valence-electron chi connectivity index (χ3n) is 11.8. The Morgan fingerprint density at radius 2 is 1.45 bits per heavy atom. The van der Waals surface area contributed by atoms with Crippen LogP contribution in [-0.4, -0.2) is 78.8 Å². The number of nitrogens with zero attached hydrogens (tertiary/aromatic N) is 2. The van der Waals surface area contributed by atoms with Gasteiger partial charge in [-0.3, -0.25) is 19.2 Å². The molecule has 3 aliphatic rings. The number of amides is 4. The second-order valence-electron chi connectivity index (χ2n) is 15.7. The van der Waals surface area contributed by atoms with E-state index in [1.807, 2.05) is 12.1 Å². The molecule has 0 aliphatic carbocycles. The summed E-state index contributed by atoms with van der Waals surface area (Å²) in [6, 6.07) is 25.4. The minimum absolute atomic E-state index is 0.118. The first-order chi connectivity index (χ1) is 27.8. The average molecular weight is 793 g/mol. The summed E-state index contributed by atoms with van der Waals surface area (Å²) in [6.07, 6.45) is 0.294. The molecule has 2 saturated heterocycles. The van der Waals surface area contributed by atoms with E-state index >= 15 is 9.18 Å². The summed E-state index contributed by atoms with van der Waals surface area (Å²) in [5.41, 5.74) is 0.00310. The largest absolute Gasteiger partial charge is 0.497 e. The Balaban J connectivity index is 1.20. The van der Waals surface area contributed by atoms with Crippen LogP contribution in [0, 0.1) is 11.8 Å². The zero-order chi connectivity index (χ0) is 41.4. The van der Waals surface area contributed by atoms with Crippen molar-refractivity contribution in [3.8, 4) is 11.5 Å². The number of alkyl halides is 1. The van der Waals surface area contributed by atoms with Crippen LogP contribution in [0.15, 0.2) is 91.0 Å². The minimum Gasteiger partial charge on any atom is -0.497 e. The molecule has 4 aromatic rings. The molecule has 304 valence electrons. The summed E-state index contributed by atoms with van der Waals surface area (Å²) in [4.78, 5) is 58.4. The predicted molar refractivity (Wildman–Crippen MR) is 217 cm³/mol. The first-order valence-corrected chi connectivity index (χ1v) is 19.5. The molecule has 0 radical (unpaired) electrons. The van der Waals surface area contributed by atoms with Crippen LogP contribution in [0.25, 0.3) is 0 Å². The lowest BCUT2D eigenvalue weighted by Gasteiger charge is -2.33. The van der Waals surface area contributed by atoms with Crippen LogP contribution in [0.1, 0.15) is 71.9 Å². The van der Waals surface area contributed by atoms with Crippen LogP contribution in [-0.2, 0) is 26.5 Å². The maximum absolute atomic E-state index is 16.4. The van der Waals surface area contributed by atoms with Crippen LogP contribution >= 0.6 is 0 Å². The monoisotopic (exact) mass is 792 g/mol. The number of rotatable bonds is 12. The average Bonchev–Trinajstić information content (AvgIpc) is 3.88. The number of carbonyl (C=O) groups excluding carboxylic acids is 4. The number of fused-ring (bicyclic) bond motifs is 2. The molecule has 3 aliphatic heterocycles. The summed E-state index contributed by atoms with van der Waals surface area (Å²) in [6.45, 7) is 5.11. The van der Waals surface area contributed by atoms with Gasteiger partial charge < -0.3 is 39.8 Å². The number of benzene rings is 4. The number of hydrogen-bond acceptors (Lipinski definition) is 8. The number of methoxy groups -OCH3 is 2. The molecule has 0 aromatic heterocycles. The van der Waals surface area contributed by atoms with Crippen LogP contribution in [0.4, 0.5) is 21.5 Å². The van der Waals surface area contributed by atoms with Gasteiger partial charge in [0.05, 0.1) is 51.6 Å². The SMILES string of the molecule is COc1ccc(C(=O)Nc2ccc(CN3C(=O)[C@@]4(O[C@@H](CC(=O)N5CCC[C@H]5CO)[C@H](C(C)(C)F)[C@H]4C)c4cc(NC(=O)c5ccc(OC)cc5)ccc43)cc2)cc1. The molecule has 7 rings (SSSR count). The molecular weight excluding hydrogens is 744 g/mol. The zero-order valence-corrected chi connectivity index (χ0v) is 33.3. The molecule has 1 spiro atoms. The molecule has 0 saturated carbocycles. The molecule has 4 aromatic carbocycles. The summed E-state index contributed by atoms with van der Waals surface area (Å²) in [5, 5.41) is 15.8. The Labute approximate surface area is 337 Å². The highest BCUT2D eigenvalue weighted by molar-refractivity contribution is 6.09. The Kier molecular flexibility index (Phi) is 11.3. The number of halogens is 1. The second kappa shape index (κ2) is 16.2. The highest BCUT2D eigenvalue weighted by Crippen LogP contribution is 2.59. The molecule has 58 heavy (non-hydrogen) atoms. The van der Waals surface area contributed by atoms with Crippen molar-refractivity contribution < 1.29 is 42.9 Å². The van der Waals surface area contributed by atoms with Gasteiger partial charge in [0.1, 0.15) is 17.2 Å². The molecule has 12 nitrogen and oxygen atoms in total. The first kappa shape index (κ1) is 40.4. The Morgan fingerprint density at radius 1 is 0.879 bits per heavy atom. The number of hydrogen-bond donors (Lipinski definition) is 3. The van der Waals surface area contributed by atoms with E-state index in [9.17, 15) is 19.5 Å². The molecule has 0 bridgehead atoms. The summed E-state index contributed by atoms with van der Waals surface area (Å²) in [7, 11) is 3.10. The van der Waals surface area contributed by atoms with E-state index in [1.165, 1.54) is 13.8 Å². The van der Waals surface area contributed by atoms with Gasteiger partial charge in [-0.25, -0.2) is 4.39 Å². The fourth-order valence-corrected chi connectivity index (χ4v) is 8.89.